The summed E-state index contributed by atoms with van der Waals surface area (Å²) < 4.78 is 4.94. The zero-order valence-electron chi connectivity index (χ0n) is 15.8. The van der Waals surface area contributed by atoms with Gasteiger partial charge in [-0.15, -0.1) is 0 Å². The van der Waals surface area contributed by atoms with E-state index in [2.05, 4.69) is 19.2 Å². The number of hydrogen-bond acceptors (Lipinski definition) is 5. The monoisotopic (exact) mass is 382 g/mol. The van der Waals surface area contributed by atoms with Gasteiger partial charge in [-0.05, 0) is 47.7 Å². The highest BCUT2D eigenvalue weighted by Crippen LogP contribution is 2.26. The molecule has 0 fully saturated rings. The van der Waals surface area contributed by atoms with Gasteiger partial charge in [0, 0.05) is 23.9 Å². The lowest BCUT2D eigenvalue weighted by molar-refractivity contribution is -0.384. The summed E-state index contributed by atoms with van der Waals surface area (Å²) in [6.07, 6.45) is 3.57. The molecule has 0 aliphatic heterocycles. The van der Waals surface area contributed by atoms with Crippen molar-refractivity contribution in [1.29, 1.82) is 0 Å². The van der Waals surface area contributed by atoms with Crippen LogP contribution in [0.2, 0.25) is 0 Å². The number of carbonyl (C=O) groups is 2. The van der Waals surface area contributed by atoms with E-state index in [-0.39, 0.29) is 5.69 Å². The highest BCUT2D eigenvalue weighted by molar-refractivity contribution is 5.95. The third-order valence-electron chi connectivity index (χ3n) is 4.24. The van der Waals surface area contributed by atoms with Crippen molar-refractivity contribution in [2.75, 3.05) is 11.9 Å². The number of nitrogens with one attached hydrogen (secondary N) is 1. The van der Waals surface area contributed by atoms with E-state index in [0.29, 0.717) is 17.2 Å². The third-order valence-corrected chi connectivity index (χ3v) is 4.24. The molecule has 0 heterocycles. The third kappa shape index (κ3) is 6.05. The number of nitrogens with zero attached hydrogens (tertiary/aromatic N) is 1. The van der Waals surface area contributed by atoms with Gasteiger partial charge in [0.25, 0.3) is 11.6 Å². The van der Waals surface area contributed by atoms with Crippen molar-refractivity contribution < 1.29 is 19.2 Å². The van der Waals surface area contributed by atoms with Crippen LogP contribution in [0.25, 0.3) is 6.08 Å². The summed E-state index contributed by atoms with van der Waals surface area (Å²) in [6.45, 7) is 3.74. The Labute approximate surface area is 163 Å². The number of para-hydroxylation sites is 1. The first-order valence-corrected chi connectivity index (χ1v) is 8.88. The number of anilines is 1. The molecule has 2 aromatic carbocycles. The zero-order valence-corrected chi connectivity index (χ0v) is 15.8. The molecule has 0 saturated carbocycles. The van der Waals surface area contributed by atoms with E-state index in [1.807, 2.05) is 24.3 Å². The number of benzene rings is 2. The Kier molecular flexibility index (Phi) is 7.45. The number of amides is 1. The fraction of sp³-hybridized carbons (Fsp3) is 0.238. The average molecular weight is 382 g/mol. The van der Waals surface area contributed by atoms with Gasteiger partial charge in [0.1, 0.15) is 0 Å². The fourth-order valence-corrected chi connectivity index (χ4v) is 2.50. The SMILES string of the molecule is CC[C@@H](C)c1ccccc1NC(=O)COC(=O)/C=C/c1ccc([N+](=O)[O-])cc1. The Morgan fingerprint density at radius 3 is 2.50 bits per heavy atom. The van der Waals surface area contributed by atoms with Crippen LogP contribution in [0, 0.1) is 10.1 Å². The normalized spacial score (nSPS) is 11.8. The second-order valence-corrected chi connectivity index (χ2v) is 6.23. The molecule has 1 atom stereocenters. The molecule has 0 aromatic heterocycles. The molecule has 7 heteroatoms. The Morgan fingerprint density at radius 1 is 1.18 bits per heavy atom. The van der Waals surface area contributed by atoms with Crippen LogP contribution in [0.1, 0.15) is 37.3 Å². The lowest BCUT2D eigenvalue weighted by Gasteiger charge is -2.15. The van der Waals surface area contributed by atoms with Crippen molar-refractivity contribution in [2.24, 2.45) is 0 Å². The van der Waals surface area contributed by atoms with Crippen molar-refractivity contribution in [1.82, 2.24) is 0 Å². The van der Waals surface area contributed by atoms with Crippen LogP contribution >= 0.6 is 0 Å². The van der Waals surface area contributed by atoms with Gasteiger partial charge in [0.2, 0.25) is 0 Å². The second-order valence-electron chi connectivity index (χ2n) is 6.23. The minimum Gasteiger partial charge on any atom is -0.452 e. The molecule has 28 heavy (non-hydrogen) atoms. The van der Waals surface area contributed by atoms with Crippen LogP contribution in [-0.4, -0.2) is 23.4 Å². The van der Waals surface area contributed by atoms with Gasteiger partial charge in [0.05, 0.1) is 4.92 Å². The number of hydrogen-bond donors (Lipinski definition) is 1. The predicted molar refractivity (Wildman–Crippen MR) is 107 cm³/mol. The molecule has 1 N–H and O–H groups in total. The van der Waals surface area contributed by atoms with E-state index in [4.69, 9.17) is 4.74 Å². The molecular formula is C21H22N2O5. The molecule has 1 amide bonds. The topological polar surface area (TPSA) is 98.5 Å². The summed E-state index contributed by atoms with van der Waals surface area (Å²) in [5.41, 5.74) is 2.31. The van der Waals surface area contributed by atoms with E-state index >= 15 is 0 Å². The summed E-state index contributed by atoms with van der Waals surface area (Å²) in [5.74, 6) is -0.805. The summed E-state index contributed by atoms with van der Waals surface area (Å²) in [5, 5.41) is 13.4. The van der Waals surface area contributed by atoms with E-state index in [1.165, 1.54) is 36.4 Å². The molecule has 0 unspecified atom stereocenters. The zero-order chi connectivity index (χ0) is 20.5. The second kappa shape index (κ2) is 10.0. The number of rotatable bonds is 8. The van der Waals surface area contributed by atoms with Gasteiger partial charge in [-0.25, -0.2) is 4.79 Å². The Hall–Kier alpha value is -3.48. The molecule has 2 aromatic rings. The minimum atomic E-state index is -0.677. The van der Waals surface area contributed by atoms with Crippen molar-refractivity contribution in [3.63, 3.8) is 0 Å². The highest BCUT2D eigenvalue weighted by Gasteiger charge is 2.12. The number of esters is 1. The van der Waals surface area contributed by atoms with Crippen LogP contribution in [0.5, 0.6) is 0 Å². The Morgan fingerprint density at radius 2 is 1.86 bits per heavy atom. The van der Waals surface area contributed by atoms with Gasteiger partial charge in [-0.1, -0.05) is 32.0 Å². The van der Waals surface area contributed by atoms with E-state index in [0.717, 1.165) is 12.0 Å². The lowest BCUT2D eigenvalue weighted by Crippen LogP contribution is -2.21. The first-order chi connectivity index (χ1) is 13.4. The van der Waals surface area contributed by atoms with Crippen molar-refractivity contribution in [3.8, 4) is 0 Å². The number of nitro benzene ring substituents is 1. The first-order valence-electron chi connectivity index (χ1n) is 8.88. The van der Waals surface area contributed by atoms with Gasteiger partial charge in [-0.3, -0.25) is 14.9 Å². The summed E-state index contributed by atoms with van der Waals surface area (Å²) in [4.78, 5) is 34.0. The summed E-state index contributed by atoms with van der Waals surface area (Å²) >= 11 is 0. The van der Waals surface area contributed by atoms with E-state index in [9.17, 15) is 19.7 Å². The maximum atomic E-state index is 12.1. The van der Waals surface area contributed by atoms with Gasteiger partial charge >= 0.3 is 5.97 Å². The smallest absolute Gasteiger partial charge is 0.331 e. The standard InChI is InChI=1S/C21H22N2O5/c1-3-15(2)18-6-4-5-7-19(18)22-20(24)14-28-21(25)13-10-16-8-11-17(12-9-16)23(26)27/h4-13,15H,3,14H2,1-2H3,(H,22,24)/b13-10+/t15-/m1/s1. The number of nitro groups is 1. The van der Waals surface area contributed by atoms with Crippen LogP contribution in [0.4, 0.5) is 11.4 Å². The number of ether oxygens (including phenoxy) is 1. The average Bonchev–Trinajstić information content (AvgIpc) is 2.70. The molecule has 0 saturated heterocycles. The maximum absolute atomic E-state index is 12.1. The highest BCUT2D eigenvalue weighted by atomic mass is 16.6. The molecule has 0 bridgehead atoms. The molecule has 0 spiro atoms. The molecule has 146 valence electrons. The summed E-state index contributed by atoms with van der Waals surface area (Å²) in [6, 6.07) is 13.2. The Balaban J connectivity index is 1.87. The quantitative estimate of drug-likeness (QED) is 0.318. The lowest BCUT2D eigenvalue weighted by atomic mass is 9.97. The van der Waals surface area contributed by atoms with Crippen molar-refractivity contribution in [3.05, 3.63) is 75.8 Å². The van der Waals surface area contributed by atoms with Crippen molar-refractivity contribution >= 4 is 29.3 Å². The van der Waals surface area contributed by atoms with Crippen LogP contribution < -0.4 is 5.32 Å². The van der Waals surface area contributed by atoms with Crippen LogP contribution in [0.15, 0.2) is 54.6 Å². The van der Waals surface area contributed by atoms with Crippen LogP contribution in [-0.2, 0) is 14.3 Å². The predicted octanol–water partition coefficient (Wildman–Crippen LogP) is 4.30. The first kappa shape index (κ1) is 20.8. The summed E-state index contributed by atoms with van der Waals surface area (Å²) in [7, 11) is 0. The molecule has 7 nitrogen and oxygen atoms in total. The molecule has 0 aliphatic carbocycles. The van der Waals surface area contributed by atoms with E-state index in [1.54, 1.807) is 0 Å². The van der Waals surface area contributed by atoms with Crippen LogP contribution in [0.3, 0.4) is 0 Å². The largest absolute Gasteiger partial charge is 0.452 e. The molecule has 0 radical (unpaired) electrons. The number of non-ortho nitro benzene ring substituents is 1. The molecule has 0 aliphatic rings. The molecule has 2 rings (SSSR count). The Bertz CT molecular complexity index is 875. The van der Waals surface area contributed by atoms with Crippen molar-refractivity contribution in [2.45, 2.75) is 26.2 Å². The maximum Gasteiger partial charge on any atom is 0.331 e. The van der Waals surface area contributed by atoms with E-state index < -0.39 is 23.4 Å². The van der Waals surface area contributed by atoms with Gasteiger partial charge in [0.15, 0.2) is 6.61 Å². The minimum absolute atomic E-state index is 0.0333. The fourth-order valence-electron chi connectivity index (χ4n) is 2.50. The number of carbonyl (C=O) groups excluding carboxylic acids is 2. The molecular weight excluding hydrogens is 360 g/mol. The van der Waals surface area contributed by atoms with Gasteiger partial charge < -0.3 is 10.1 Å². The van der Waals surface area contributed by atoms with Gasteiger partial charge in [-0.2, -0.15) is 0 Å².